The van der Waals surface area contributed by atoms with E-state index < -0.39 is 5.79 Å². The molecule has 4 heteroatoms. The van der Waals surface area contributed by atoms with Crippen molar-refractivity contribution in [2.24, 2.45) is 5.73 Å². The summed E-state index contributed by atoms with van der Waals surface area (Å²) in [6.07, 6.45) is 7.09. The summed E-state index contributed by atoms with van der Waals surface area (Å²) in [5, 5.41) is 6.27. The van der Waals surface area contributed by atoms with Crippen LogP contribution in [0.25, 0.3) is 0 Å². The molecule has 2 rings (SSSR count). The first-order chi connectivity index (χ1) is 7.10. The van der Waals surface area contributed by atoms with Crippen LogP contribution in [0, 0.1) is 0 Å². The molecule has 4 nitrogen and oxygen atoms in total. The molecule has 86 valence electrons. The van der Waals surface area contributed by atoms with Gasteiger partial charge >= 0.3 is 0 Å². The van der Waals surface area contributed by atoms with Crippen LogP contribution in [0.1, 0.15) is 51.9 Å². The maximum Gasteiger partial charge on any atom is 0.242 e. The Kier molecular flexibility index (Phi) is 2.73. The molecule has 4 N–H and O–H groups in total. The van der Waals surface area contributed by atoms with Crippen LogP contribution in [0.15, 0.2) is 0 Å². The SMILES string of the molecule is CCCCC1(N)NC(=O)C2(CCCC2)N1. The second-order valence-corrected chi connectivity index (χ2v) is 4.94. The fraction of sp³-hybridized carbons (Fsp3) is 0.909. The molecule has 1 heterocycles. The van der Waals surface area contributed by atoms with Gasteiger partial charge in [0.1, 0.15) is 11.3 Å². The van der Waals surface area contributed by atoms with Crippen molar-refractivity contribution in [1.29, 1.82) is 0 Å². The van der Waals surface area contributed by atoms with Crippen molar-refractivity contribution in [3.05, 3.63) is 0 Å². The lowest BCUT2D eigenvalue weighted by Crippen LogP contribution is -2.60. The molecule has 2 aliphatic rings. The molecular formula is C11H21N3O. The Morgan fingerprint density at radius 3 is 2.67 bits per heavy atom. The Morgan fingerprint density at radius 1 is 1.40 bits per heavy atom. The van der Waals surface area contributed by atoms with E-state index in [1.54, 1.807) is 0 Å². The number of rotatable bonds is 3. The lowest BCUT2D eigenvalue weighted by molar-refractivity contribution is -0.124. The van der Waals surface area contributed by atoms with E-state index >= 15 is 0 Å². The molecule has 1 saturated heterocycles. The molecule has 15 heavy (non-hydrogen) atoms. The number of amides is 1. The number of hydrogen-bond donors (Lipinski definition) is 3. The Bertz CT molecular complexity index is 261. The number of carbonyl (C=O) groups excluding carboxylic acids is 1. The molecule has 0 radical (unpaired) electrons. The van der Waals surface area contributed by atoms with Crippen LogP contribution in [-0.4, -0.2) is 17.2 Å². The lowest BCUT2D eigenvalue weighted by atomic mass is 9.98. The quantitative estimate of drug-likeness (QED) is 0.647. The van der Waals surface area contributed by atoms with Gasteiger partial charge in [-0.05, 0) is 25.7 Å². The van der Waals surface area contributed by atoms with Crippen LogP contribution in [0.2, 0.25) is 0 Å². The third-order valence-electron chi connectivity index (χ3n) is 3.62. The largest absolute Gasteiger partial charge is 0.324 e. The summed E-state index contributed by atoms with van der Waals surface area (Å²) in [5.74, 6) is -0.546. The van der Waals surface area contributed by atoms with Crippen molar-refractivity contribution < 1.29 is 4.79 Å². The maximum atomic E-state index is 11.9. The topological polar surface area (TPSA) is 67.1 Å². The fourth-order valence-corrected chi connectivity index (χ4v) is 2.75. The van der Waals surface area contributed by atoms with Crippen LogP contribution < -0.4 is 16.4 Å². The molecule has 0 aromatic rings. The molecule has 2 fully saturated rings. The highest BCUT2D eigenvalue weighted by Gasteiger charge is 2.52. The van der Waals surface area contributed by atoms with E-state index in [0.717, 1.165) is 44.9 Å². The third kappa shape index (κ3) is 1.88. The zero-order chi connectivity index (χ0) is 10.9. The predicted octanol–water partition coefficient (Wildman–Crippen LogP) is 0.821. The van der Waals surface area contributed by atoms with Crippen molar-refractivity contribution >= 4 is 5.91 Å². The fourth-order valence-electron chi connectivity index (χ4n) is 2.75. The summed E-state index contributed by atoms with van der Waals surface area (Å²) in [5.41, 5.74) is 5.80. The van der Waals surface area contributed by atoms with Crippen molar-refractivity contribution in [3.63, 3.8) is 0 Å². The molecule has 0 aromatic heterocycles. The Morgan fingerprint density at radius 2 is 2.07 bits per heavy atom. The Labute approximate surface area is 91.0 Å². The van der Waals surface area contributed by atoms with E-state index in [1.165, 1.54) is 0 Å². The van der Waals surface area contributed by atoms with Gasteiger partial charge in [0.15, 0.2) is 0 Å². The number of nitrogens with two attached hydrogens (primary N) is 1. The van der Waals surface area contributed by atoms with E-state index in [0.29, 0.717) is 0 Å². The molecule has 0 aromatic carbocycles. The maximum absolute atomic E-state index is 11.9. The summed E-state index contributed by atoms with van der Waals surface area (Å²) in [7, 11) is 0. The van der Waals surface area contributed by atoms with Gasteiger partial charge in [-0.1, -0.05) is 26.2 Å². The van der Waals surface area contributed by atoms with Gasteiger partial charge < -0.3 is 5.32 Å². The Hall–Kier alpha value is -0.610. The van der Waals surface area contributed by atoms with Gasteiger partial charge in [-0.15, -0.1) is 0 Å². The highest BCUT2D eigenvalue weighted by Crippen LogP contribution is 2.35. The first-order valence-corrected chi connectivity index (χ1v) is 6.01. The summed E-state index contributed by atoms with van der Waals surface area (Å²) in [6.45, 7) is 2.13. The molecule has 1 atom stereocenters. The lowest BCUT2D eigenvalue weighted by Gasteiger charge is -2.27. The monoisotopic (exact) mass is 211 g/mol. The number of hydrogen-bond acceptors (Lipinski definition) is 3. The first kappa shape index (κ1) is 10.9. The van der Waals surface area contributed by atoms with E-state index in [2.05, 4.69) is 17.6 Å². The van der Waals surface area contributed by atoms with Crippen molar-refractivity contribution in [1.82, 2.24) is 10.6 Å². The van der Waals surface area contributed by atoms with Crippen LogP contribution >= 0.6 is 0 Å². The minimum atomic E-state index is -0.655. The van der Waals surface area contributed by atoms with Crippen molar-refractivity contribution in [3.8, 4) is 0 Å². The van der Waals surface area contributed by atoms with E-state index in [4.69, 9.17) is 5.73 Å². The normalized spacial score (nSPS) is 33.6. The minimum absolute atomic E-state index is 0.110. The standard InChI is InChI=1S/C11H21N3O/c1-2-3-8-11(12)13-9(15)10(14-11)6-4-5-7-10/h14H,2-8,12H2,1H3,(H,13,15). The van der Waals surface area contributed by atoms with Crippen molar-refractivity contribution in [2.45, 2.75) is 63.2 Å². The highest BCUT2D eigenvalue weighted by atomic mass is 16.2. The number of nitrogens with one attached hydrogen (secondary N) is 2. The van der Waals surface area contributed by atoms with Gasteiger partial charge in [-0.25, -0.2) is 0 Å². The van der Waals surface area contributed by atoms with Gasteiger partial charge in [-0.2, -0.15) is 0 Å². The molecule has 0 bridgehead atoms. The second kappa shape index (κ2) is 3.76. The minimum Gasteiger partial charge on any atom is -0.324 e. The third-order valence-corrected chi connectivity index (χ3v) is 3.62. The molecule has 1 aliphatic carbocycles. The zero-order valence-corrected chi connectivity index (χ0v) is 9.44. The smallest absolute Gasteiger partial charge is 0.242 e. The summed E-state index contributed by atoms with van der Waals surface area (Å²) in [6, 6.07) is 0. The van der Waals surface area contributed by atoms with E-state index in [1.807, 2.05) is 0 Å². The second-order valence-electron chi connectivity index (χ2n) is 4.94. The van der Waals surface area contributed by atoms with Gasteiger partial charge in [0.25, 0.3) is 0 Å². The summed E-state index contributed by atoms with van der Waals surface area (Å²) < 4.78 is 0. The summed E-state index contributed by atoms with van der Waals surface area (Å²) >= 11 is 0. The molecule has 1 aliphatic heterocycles. The van der Waals surface area contributed by atoms with Crippen LogP contribution in [0.5, 0.6) is 0 Å². The van der Waals surface area contributed by atoms with Crippen molar-refractivity contribution in [2.75, 3.05) is 0 Å². The molecule has 1 spiro atoms. The van der Waals surface area contributed by atoms with Gasteiger partial charge in [0.2, 0.25) is 5.91 Å². The van der Waals surface area contributed by atoms with Gasteiger partial charge in [0.05, 0.1) is 0 Å². The molecule has 1 saturated carbocycles. The van der Waals surface area contributed by atoms with E-state index in [9.17, 15) is 4.79 Å². The summed E-state index contributed by atoms with van der Waals surface area (Å²) in [4.78, 5) is 11.9. The van der Waals surface area contributed by atoms with Crippen LogP contribution in [-0.2, 0) is 4.79 Å². The first-order valence-electron chi connectivity index (χ1n) is 6.01. The zero-order valence-electron chi connectivity index (χ0n) is 9.44. The number of unbranched alkanes of at least 4 members (excludes halogenated alkanes) is 1. The van der Waals surface area contributed by atoms with Crippen LogP contribution in [0.4, 0.5) is 0 Å². The molecule has 1 amide bonds. The van der Waals surface area contributed by atoms with E-state index in [-0.39, 0.29) is 11.4 Å². The Balaban J connectivity index is 2.05. The highest BCUT2D eigenvalue weighted by molar-refractivity contribution is 5.89. The van der Waals surface area contributed by atoms with Crippen LogP contribution in [0.3, 0.4) is 0 Å². The molecule has 1 unspecified atom stereocenters. The van der Waals surface area contributed by atoms with Gasteiger partial charge in [0, 0.05) is 0 Å². The molecular weight excluding hydrogens is 190 g/mol. The predicted molar refractivity (Wildman–Crippen MR) is 58.9 cm³/mol. The number of carbonyl (C=O) groups is 1. The average Bonchev–Trinajstić information content (AvgIpc) is 2.72. The van der Waals surface area contributed by atoms with Gasteiger partial charge in [-0.3, -0.25) is 15.8 Å². The average molecular weight is 211 g/mol.